The third-order valence-corrected chi connectivity index (χ3v) is 7.67. The van der Waals surface area contributed by atoms with Gasteiger partial charge in [-0.1, -0.05) is 49.0 Å². The minimum Gasteiger partial charge on any atom is -0.221 e. The smallest absolute Gasteiger partial charge is 0.138 e. The van der Waals surface area contributed by atoms with Gasteiger partial charge < -0.3 is 0 Å². The quantitative estimate of drug-likeness (QED) is 0.366. The lowest BCUT2D eigenvalue weighted by Crippen LogP contribution is -2.48. The van der Waals surface area contributed by atoms with Gasteiger partial charge in [0.05, 0.1) is 0 Å². The summed E-state index contributed by atoms with van der Waals surface area (Å²) >= 11 is 7.86. The van der Waals surface area contributed by atoms with Crippen LogP contribution in [0.25, 0.3) is 0 Å². The van der Waals surface area contributed by atoms with E-state index in [1.165, 1.54) is 67.5 Å². The number of rotatable bonds is 3. The third kappa shape index (κ3) is 2.92. The first-order valence-corrected chi connectivity index (χ1v) is 10.4. The maximum atomic E-state index is 5.84. The number of nitrogens with zero attached hydrogens (tertiary/aromatic N) is 1. The van der Waals surface area contributed by atoms with Crippen molar-refractivity contribution in [2.45, 2.75) is 70.4 Å². The van der Waals surface area contributed by atoms with E-state index in [1.807, 2.05) is 11.9 Å². The maximum absolute atomic E-state index is 5.84. The zero-order valence-corrected chi connectivity index (χ0v) is 15.4. The molecule has 2 aliphatic carbocycles. The van der Waals surface area contributed by atoms with Crippen LogP contribution in [0.1, 0.15) is 63.4 Å². The Morgan fingerprint density at radius 1 is 0.957 bits per heavy atom. The summed E-state index contributed by atoms with van der Waals surface area (Å²) in [5.74, 6) is 0. The Morgan fingerprint density at radius 3 is 2.48 bits per heavy atom. The summed E-state index contributed by atoms with van der Waals surface area (Å²) in [7, 11) is 0. The normalized spacial score (nSPS) is 29.0. The number of thiocarbonyl (C=S) groups is 1. The Kier molecular flexibility index (Phi) is 4.62. The van der Waals surface area contributed by atoms with E-state index < -0.39 is 0 Å². The van der Waals surface area contributed by atoms with Crippen LogP contribution < -0.4 is 0 Å². The highest BCUT2D eigenvalue weighted by atomic mass is 32.2. The zero-order valence-electron chi connectivity index (χ0n) is 13.8. The molecule has 1 aliphatic heterocycles. The fourth-order valence-electron chi connectivity index (χ4n) is 4.69. The molecular weight excluding hydrogens is 318 g/mol. The van der Waals surface area contributed by atoms with Gasteiger partial charge in [0.25, 0.3) is 0 Å². The molecule has 3 heteroatoms. The van der Waals surface area contributed by atoms with E-state index in [0.717, 1.165) is 16.5 Å². The molecule has 23 heavy (non-hydrogen) atoms. The van der Waals surface area contributed by atoms with Crippen molar-refractivity contribution in [1.82, 2.24) is 0 Å². The lowest BCUT2D eigenvalue weighted by molar-refractivity contribution is -0.799. The van der Waals surface area contributed by atoms with Gasteiger partial charge in [-0.25, -0.2) is 3.89 Å². The number of hydrogen-bond donors (Lipinski definition) is 0. The van der Waals surface area contributed by atoms with E-state index in [9.17, 15) is 0 Å². The van der Waals surface area contributed by atoms with E-state index in [-0.39, 0.29) is 0 Å². The maximum Gasteiger partial charge on any atom is 0.138 e. The lowest BCUT2D eigenvalue weighted by Gasteiger charge is -2.43. The Morgan fingerprint density at radius 2 is 1.70 bits per heavy atom. The first kappa shape index (κ1) is 15.9. The Balaban J connectivity index is 1.75. The van der Waals surface area contributed by atoms with Crippen LogP contribution >= 0.6 is 24.2 Å². The summed E-state index contributed by atoms with van der Waals surface area (Å²) in [6.45, 7) is 1.12. The summed E-state index contributed by atoms with van der Waals surface area (Å²) in [5, 5.41) is 0. The van der Waals surface area contributed by atoms with Crippen molar-refractivity contribution in [3.63, 3.8) is 0 Å². The highest BCUT2D eigenvalue weighted by molar-refractivity contribution is 8.20. The molecule has 0 radical (unpaired) electrons. The van der Waals surface area contributed by atoms with Crippen LogP contribution in [0, 0.1) is 0 Å². The van der Waals surface area contributed by atoms with Gasteiger partial charge in [-0.05, 0) is 32.1 Å². The van der Waals surface area contributed by atoms with Crippen molar-refractivity contribution < 1.29 is 3.89 Å². The van der Waals surface area contributed by atoms with Crippen molar-refractivity contribution in [2.24, 2.45) is 0 Å². The summed E-state index contributed by atoms with van der Waals surface area (Å²) in [4.78, 5) is 0. The molecule has 0 N–H and O–H groups in total. The molecule has 0 amide bonds. The average Bonchev–Trinajstić information content (AvgIpc) is 2.90. The van der Waals surface area contributed by atoms with Gasteiger partial charge in [0.15, 0.2) is 0 Å². The fraction of sp³-hybridized carbons (Fsp3) is 0.550. The molecular formula is C20H26NS2+. The van der Waals surface area contributed by atoms with Gasteiger partial charge in [0.1, 0.15) is 34.4 Å². The highest BCUT2D eigenvalue weighted by Gasteiger charge is 2.51. The van der Waals surface area contributed by atoms with Gasteiger partial charge in [-0.15, -0.1) is 0 Å². The van der Waals surface area contributed by atoms with Crippen molar-refractivity contribution in [3.8, 4) is 0 Å². The molecule has 1 aromatic rings. The molecule has 4 rings (SSSR count). The number of benzene rings is 1. The van der Waals surface area contributed by atoms with Gasteiger partial charge >= 0.3 is 0 Å². The minimum atomic E-state index is 0.762. The second-order valence-corrected chi connectivity index (χ2v) is 9.15. The molecule has 1 fully saturated rings. The Bertz CT molecular complexity index is 616. The standard InChI is InChI=1S/C20H26NS2/c22-20-18-13-7-8-14-19(18)21(23-20,17-11-5-2-6-12-17)15-16-9-3-1-4-10-16/h1,3-4,9-10,17H,2,5-8,11-15H2/q+1. The molecule has 1 saturated carbocycles. The Hall–Kier alpha value is -0.640. The molecule has 0 saturated heterocycles. The van der Waals surface area contributed by atoms with Crippen molar-refractivity contribution in [1.29, 1.82) is 0 Å². The van der Waals surface area contributed by atoms with Gasteiger partial charge in [-0.2, -0.15) is 0 Å². The largest absolute Gasteiger partial charge is 0.221 e. The molecule has 0 aromatic heterocycles. The first-order valence-electron chi connectivity index (χ1n) is 9.18. The predicted octanol–water partition coefficient (Wildman–Crippen LogP) is 6.15. The second kappa shape index (κ2) is 6.70. The van der Waals surface area contributed by atoms with E-state index in [1.54, 1.807) is 11.3 Å². The molecule has 0 spiro atoms. The van der Waals surface area contributed by atoms with Crippen LogP contribution in [0.4, 0.5) is 0 Å². The van der Waals surface area contributed by atoms with Crippen molar-refractivity contribution in [2.75, 3.05) is 0 Å². The van der Waals surface area contributed by atoms with Gasteiger partial charge in [0.2, 0.25) is 0 Å². The van der Waals surface area contributed by atoms with Crippen LogP contribution in [0.3, 0.4) is 0 Å². The molecule has 1 heterocycles. The molecule has 3 aliphatic rings. The van der Waals surface area contributed by atoms with Crippen molar-refractivity contribution >= 4 is 28.4 Å². The fourth-order valence-corrected chi connectivity index (χ4v) is 6.82. The van der Waals surface area contributed by atoms with Gasteiger partial charge in [0, 0.05) is 30.4 Å². The number of allylic oxidation sites excluding steroid dienone is 1. The number of hydrogen-bond acceptors (Lipinski definition) is 2. The summed E-state index contributed by atoms with van der Waals surface area (Å²) in [6.07, 6.45) is 12.1. The average molecular weight is 345 g/mol. The minimum absolute atomic E-state index is 0.762. The van der Waals surface area contributed by atoms with Crippen LogP contribution in [0.2, 0.25) is 0 Å². The van der Waals surface area contributed by atoms with Crippen molar-refractivity contribution in [3.05, 3.63) is 47.2 Å². The molecule has 1 nitrogen and oxygen atoms in total. The molecule has 1 unspecified atom stereocenters. The topological polar surface area (TPSA) is 0 Å². The number of quaternary nitrogens is 1. The predicted molar refractivity (Wildman–Crippen MR) is 103 cm³/mol. The SMILES string of the molecule is S=C1S[N+](Cc2ccccc2)(C2CCCCC2)C2=C1CCCC2. The van der Waals surface area contributed by atoms with Crippen LogP contribution in [0.15, 0.2) is 41.6 Å². The van der Waals surface area contributed by atoms with E-state index in [2.05, 4.69) is 30.3 Å². The summed E-state index contributed by atoms with van der Waals surface area (Å²) in [6, 6.07) is 11.9. The van der Waals surface area contributed by atoms with E-state index >= 15 is 0 Å². The lowest BCUT2D eigenvalue weighted by atomic mass is 9.90. The summed E-state index contributed by atoms with van der Waals surface area (Å²) in [5.41, 5.74) is 4.72. The molecule has 1 atom stereocenters. The first-order chi connectivity index (χ1) is 11.3. The van der Waals surface area contributed by atoms with Gasteiger partial charge in [-0.3, -0.25) is 0 Å². The van der Waals surface area contributed by atoms with Crippen LogP contribution in [0.5, 0.6) is 0 Å². The van der Waals surface area contributed by atoms with Crippen LogP contribution in [-0.4, -0.2) is 14.1 Å². The monoisotopic (exact) mass is 344 g/mol. The van der Waals surface area contributed by atoms with E-state index in [0.29, 0.717) is 0 Å². The van der Waals surface area contributed by atoms with E-state index in [4.69, 9.17) is 12.2 Å². The molecule has 0 bridgehead atoms. The summed E-state index contributed by atoms with van der Waals surface area (Å²) < 4.78 is 2.32. The zero-order chi connectivity index (χ0) is 15.7. The third-order valence-electron chi connectivity index (χ3n) is 5.81. The highest BCUT2D eigenvalue weighted by Crippen LogP contribution is 2.53. The molecule has 122 valence electrons. The molecule has 1 aromatic carbocycles. The Labute approximate surface area is 149 Å². The second-order valence-electron chi connectivity index (χ2n) is 7.24. The van der Waals surface area contributed by atoms with Crippen LogP contribution in [-0.2, 0) is 6.54 Å².